The lowest BCUT2D eigenvalue weighted by Gasteiger charge is -2.09. The lowest BCUT2D eigenvalue weighted by atomic mass is 10.1. The van der Waals surface area contributed by atoms with E-state index in [0.717, 1.165) is 23.3 Å². The maximum Gasteiger partial charge on any atom is 0.230 e. The molecule has 0 aliphatic heterocycles. The van der Waals surface area contributed by atoms with E-state index in [1.807, 2.05) is 18.2 Å². The van der Waals surface area contributed by atoms with E-state index in [4.69, 9.17) is 9.47 Å². The zero-order chi connectivity index (χ0) is 18.1. The molecule has 0 aromatic heterocycles. The fourth-order valence-corrected chi connectivity index (χ4v) is 3.03. The van der Waals surface area contributed by atoms with Gasteiger partial charge in [0.05, 0.1) is 20.0 Å². The number of hydrogen-bond acceptors (Lipinski definition) is 4. The van der Waals surface area contributed by atoms with E-state index in [9.17, 15) is 9.18 Å². The second-order valence-corrected chi connectivity index (χ2v) is 6.43. The number of methoxy groups -OCH3 is 2. The van der Waals surface area contributed by atoms with Gasteiger partial charge < -0.3 is 14.8 Å². The molecule has 0 bridgehead atoms. The molecule has 0 saturated heterocycles. The highest BCUT2D eigenvalue weighted by Crippen LogP contribution is 2.31. The largest absolute Gasteiger partial charge is 0.493 e. The maximum absolute atomic E-state index is 12.8. The Morgan fingerprint density at radius 1 is 1.08 bits per heavy atom. The number of ether oxygens (including phenoxy) is 2. The van der Waals surface area contributed by atoms with Crippen molar-refractivity contribution >= 4 is 17.7 Å². The van der Waals surface area contributed by atoms with Crippen molar-refractivity contribution in [1.82, 2.24) is 5.32 Å². The summed E-state index contributed by atoms with van der Waals surface area (Å²) in [6.07, 6.45) is 1.63. The van der Waals surface area contributed by atoms with Crippen molar-refractivity contribution in [2.75, 3.05) is 26.5 Å². The smallest absolute Gasteiger partial charge is 0.230 e. The molecule has 2 rings (SSSR count). The van der Waals surface area contributed by atoms with Gasteiger partial charge in [0.25, 0.3) is 0 Å². The number of thioether (sulfide) groups is 1. The quantitative estimate of drug-likeness (QED) is 0.545. The van der Waals surface area contributed by atoms with E-state index >= 15 is 0 Å². The molecule has 0 fully saturated rings. The fraction of sp³-hybridized carbons (Fsp3) is 0.316. The Balaban J connectivity index is 1.69. The average molecular weight is 363 g/mol. The molecule has 0 unspecified atom stereocenters. The zero-order valence-electron chi connectivity index (χ0n) is 14.4. The third-order valence-electron chi connectivity index (χ3n) is 3.60. The van der Waals surface area contributed by atoms with E-state index in [1.54, 1.807) is 26.4 Å². The predicted molar refractivity (Wildman–Crippen MR) is 98.0 cm³/mol. The van der Waals surface area contributed by atoms with Crippen LogP contribution in [0.1, 0.15) is 12.0 Å². The summed E-state index contributed by atoms with van der Waals surface area (Å²) < 4.78 is 23.3. The molecule has 6 heteroatoms. The monoisotopic (exact) mass is 363 g/mol. The summed E-state index contributed by atoms with van der Waals surface area (Å²) in [5, 5.41) is 2.90. The minimum atomic E-state index is -0.232. The standard InChI is InChI=1S/C19H22FNO3S/c1-23-17-10-9-16(12-18(17)24-2)25-13-19(22)21-11-3-4-14-5-7-15(20)8-6-14/h5-10,12H,3-4,11,13H2,1-2H3,(H,21,22). The minimum Gasteiger partial charge on any atom is -0.493 e. The second-order valence-electron chi connectivity index (χ2n) is 5.39. The van der Waals surface area contributed by atoms with Crippen LogP contribution in [0, 0.1) is 5.82 Å². The second kappa shape index (κ2) is 9.93. The molecule has 1 N–H and O–H groups in total. The summed E-state index contributed by atoms with van der Waals surface area (Å²) in [6.45, 7) is 0.600. The van der Waals surface area contributed by atoms with Gasteiger partial charge in [0.1, 0.15) is 5.82 Å². The SMILES string of the molecule is COc1ccc(SCC(=O)NCCCc2ccc(F)cc2)cc1OC. The summed E-state index contributed by atoms with van der Waals surface area (Å²) in [5.41, 5.74) is 1.07. The van der Waals surface area contributed by atoms with Gasteiger partial charge in [0, 0.05) is 11.4 Å². The molecular formula is C19H22FNO3S. The van der Waals surface area contributed by atoms with Gasteiger partial charge in [-0.2, -0.15) is 0 Å². The fourth-order valence-electron chi connectivity index (χ4n) is 2.28. The lowest BCUT2D eigenvalue weighted by molar-refractivity contribution is -0.118. The van der Waals surface area contributed by atoms with Gasteiger partial charge in [0.15, 0.2) is 11.5 Å². The Kier molecular flexibility index (Phi) is 7.60. The van der Waals surface area contributed by atoms with E-state index in [2.05, 4.69) is 5.32 Å². The number of amides is 1. The molecule has 0 heterocycles. The Labute approximate surface area is 151 Å². The highest BCUT2D eigenvalue weighted by molar-refractivity contribution is 8.00. The van der Waals surface area contributed by atoms with Crippen LogP contribution in [0.15, 0.2) is 47.4 Å². The first kappa shape index (κ1) is 19.1. The number of carbonyl (C=O) groups excluding carboxylic acids is 1. The lowest BCUT2D eigenvalue weighted by Crippen LogP contribution is -2.26. The van der Waals surface area contributed by atoms with Crippen LogP contribution in [0.4, 0.5) is 4.39 Å². The van der Waals surface area contributed by atoms with Crippen molar-refractivity contribution in [3.05, 3.63) is 53.8 Å². The van der Waals surface area contributed by atoms with E-state index < -0.39 is 0 Å². The Hall–Kier alpha value is -2.21. The minimum absolute atomic E-state index is 0.0149. The third kappa shape index (κ3) is 6.31. The zero-order valence-corrected chi connectivity index (χ0v) is 15.2. The summed E-state index contributed by atoms with van der Waals surface area (Å²) in [7, 11) is 3.17. The topological polar surface area (TPSA) is 47.6 Å². The molecule has 2 aromatic carbocycles. The van der Waals surface area contributed by atoms with Crippen LogP contribution in [0.5, 0.6) is 11.5 Å². The van der Waals surface area contributed by atoms with Gasteiger partial charge in [-0.15, -0.1) is 11.8 Å². The van der Waals surface area contributed by atoms with Crippen LogP contribution >= 0.6 is 11.8 Å². The van der Waals surface area contributed by atoms with Crippen LogP contribution in [-0.4, -0.2) is 32.4 Å². The molecule has 134 valence electrons. The molecule has 0 aliphatic rings. The highest BCUT2D eigenvalue weighted by Gasteiger charge is 2.07. The van der Waals surface area contributed by atoms with Gasteiger partial charge >= 0.3 is 0 Å². The first-order valence-corrected chi connectivity index (χ1v) is 8.97. The molecule has 0 spiro atoms. The molecule has 2 aromatic rings. The molecule has 0 radical (unpaired) electrons. The van der Waals surface area contributed by atoms with Crippen LogP contribution in [0.2, 0.25) is 0 Å². The van der Waals surface area contributed by atoms with Crippen molar-refractivity contribution in [2.24, 2.45) is 0 Å². The Bertz CT molecular complexity index is 692. The number of aryl methyl sites for hydroxylation is 1. The van der Waals surface area contributed by atoms with E-state index in [-0.39, 0.29) is 11.7 Å². The van der Waals surface area contributed by atoms with Crippen LogP contribution in [-0.2, 0) is 11.2 Å². The van der Waals surface area contributed by atoms with Crippen molar-refractivity contribution < 1.29 is 18.7 Å². The highest BCUT2D eigenvalue weighted by atomic mass is 32.2. The predicted octanol–water partition coefficient (Wildman–Crippen LogP) is 3.68. The molecule has 25 heavy (non-hydrogen) atoms. The first-order valence-electron chi connectivity index (χ1n) is 7.98. The molecule has 0 saturated carbocycles. The summed E-state index contributed by atoms with van der Waals surface area (Å²) >= 11 is 1.44. The summed E-state index contributed by atoms with van der Waals surface area (Å²) in [4.78, 5) is 12.9. The number of halogens is 1. The molecule has 0 atom stereocenters. The first-order chi connectivity index (χ1) is 12.1. The Morgan fingerprint density at radius 2 is 1.80 bits per heavy atom. The normalized spacial score (nSPS) is 10.4. The summed E-state index contributed by atoms with van der Waals surface area (Å²) in [5.74, 6) is 1.40. The molecule has 0 aliphatic carbocycles. The average Bonchev–Trinajstić information content (AvgIpc) is 2.64. The van der Waals surface area contributed by atoms with E-state index in [0.29, 0.717) is 23.8 Å². The van der Waals surface area contributed by atoms with Crippen molar-refractivity contribution in [3.63, 3.8) is 0 Å². The summed E-state index contributed by atoms with van der Waals surface area (Å²) in [6, 6.07) is 12.0. The van der Waals surface area contributed by atoms with Crippen molar-refractivity contribution in [3.8, 4) is 11.5 Å². The van der Waals surface area contributed by atoms with Crippen molar-refractivity contribution in [1.29, 1.82) is 0 Å². The van der Waals surface area contributed by atoms with Crippen LogP contribution < -0.4 is 14.8 Å². The van der Waals surface area contributed by atoms with Gasteiger partial charge in [-0.1, -0.05) is 12.1 Å². The molecule has 4 nitrogen and oxygen atoms in total. The number of nitrogens with one attached hydrogen (secondary N) is 1. The van der Waals surface area contributed by atoms with Gasteiger partial charge in [-0.3, -0.25) is 4.79 Å². The maximum atomic E-state index is 12.8. The van der Waals surface area contributed by atoms with E-state index in [1.165, 1.54) is 23.9 Å². The number of carbonyl (C=O) groups is 1. The van der Waals surface area contributed by atoms with Crippen molar-refractivity contribution in [2.45, 2.75) is 17.7 Å². The molecule has 1 amide bonds. The number of hydrogen-bond donors (Lipinski definition) is 1. The Morgan fingerprint density at radius 3 is 2.48 bits per heavy atom. The van der Waals surface area contributed by atoms with Gasteiger partial charge in [-0.25, -0.2) is 4.39 Å². The van der Waals surface area contributed by atoms with Gasteiger partial charge in [0.2, 0.25) is 5.91 Å². The molecular weight excluding hydrogens is 341 g/mol. The third-order valence-corrected chi connectivity index (χ3v) is 4.60. The number of benzene rings is 2. The van der Waals surface area contributed by atoms with Crippen LogP contribution in [0.3, 0.4) is 0 Å². The number of rotatable bonds is 9. The van der Waals surface area contributed by atoms with Gasteiger partial charge in [-0.05, 0) is 48.7 Å². The van der Waals surface area contributed by atoms with Crippen LogP contribution in [0.25, 0.3) is 0 Å².